The summed E-state index contributed by atoms with van der Waals surface area (Å²) < 4.78 is 26.3. The van der Waals surface area contributed by atoms with Crippen LogP contribution in [0, 0.1) is 5.92 Å². The normalized spacial score (nSPS) is 11.4. The molecule has 0 saturated carbocycles. The summed E-state index contributed by atoms with van der Waals surface area (Å²) in [6.07, 6.45) is 2.35. The van der Waals surface area contributed by atoms with E-state index in [2.05, 4.69) is 13.8 Å². The molecule has 0 rings (SSSR count). The van der Waals surface area contributed by atoms with Crippen molar-refractivity contribution in [2.24, 2.45) is 5.92 Å². The first-order chi connectivity index (χ1) is 9.77. The van der Waals surface area contributed by atoms with Gasteiger partial charge >= 0.3 is 0 Å². The van der Waals surface area contributed by atoms with E-state index in [1.54, 1.807) is 7.11 Å². The average Bonchev–Trinajstić information content (AvgIpc) is 2.43. The zero-order chi connectivity index (χ0) is 14.9. The molecule has 20 heavy (non-hydrogen) atoms. The third-order valence-corrected chi connectivity index (χ3v) is 2.62. The second-order valence-electron chi connectivity index (χ2n) is 4.98. The van der Waals surface area contributed by atoms with E-state index in [0.29, 0.717) is 52.9 Å². The van der Waals surface area contributed by atoms with Crippen molar-refractivity contribution in [3.63, 3.8) is 0 Å². The first-order valence-electron chi connectivity index (χ1n) is 7.57. The molecule has 0 aliphatic carbocycles. The molecule has 0 aromatic rings. The minimum absolute atomic E-state index is 0.596. The lowest BCUT2D eigenvalue weighted by molar-refractivity contribution is -0.00811. The smallest absolute Gasteiger partial charge is 0.0701 e. The summed E-state index contributed by atoms with van der Waals surface area (Å²) in [6, 6.07) is 0. The molecule has 0 fully saturated rings. The number of hydrogen-bond donors (Lipinski definition) is 0. The van der Waals surface area contributed by atoms with Gasteiger partial charge in [0.2, 0.25) is 0 Å². The summed E-state index contributed by atoms with van der Waals surface area (Å²) in [7, 11) is 1.66. The summed E-state index contributed by atoms with van der Waals surface area (Å²) in [5, 5.41) is 0. The van der Waals surface area contributed by atoms with E-state index >= 15 is 0 Å². The molecule has 5 heteroatoms. The van der Waals surface area contributed by atoms with Crippen molar-refractivity contribution in [1.82, 2.24) is 0 Å². The van der Waals surface area contributed by atoms with Crippen LogP contribution in [0.3, 0.4) is 0 Å². The van der Waals surface area contributed by atoms with Crippen molar-refractivity contribution >= 4 is 0 Å². The molecule has 0 aliphatic rings. The fraction of sp³-hybridized carbons (Fsp3) is 1.00. The van der Waals surface area contributed by atoms with Gasteiger partial charge in [-0.1, -0.05) is 13.8 Å². The van der Waals surface area contributed by atoms with Crippen LogP contribution in [0.25, 0.3) is 0 Å². The minimum atomic E-state index is 0.596. The Morgan fingerprint density at radius 3 is 1.40 bits per heavy atom. The zero-order valence-corrected chi connectivity index (χ0v) is 13.4. The largest absolute Gasteiger partial charge is 0.382 e. The monoisotopic (exact) mass is 292 g/mol. The van der Waals surface area contributed by atoms with E-state index in [4.69, 9.17) is 23.7 Å². The van der Waals surface area contributed by atoms with Crippen LogP contribution >= 0.6 is 0 Å². The molecule has 0 radical (unpaired) electrons. The Hall–Kier alpha value is -0.200. The predicted molar refractivity (Wildman–Crippen MR) is 79.2 cm³/mol. The lowest BCUT2D eigenvalue weighted by atomic mass is 10.1. The van der Waals surface area contributed by atoms with Crippen LogP contribution < -0.4 is 0 Å². The van der Waals surface area contributed by atoms with Gasteiger partial charge < -0.3 is 23.7 Å². The number of methoxy groups -OCH3 is 1. The van der Waals surface area contributed by atoms with Crippen molar-refractivity contribution in [3.05, 3.63) is 0 Å². The zero-order valence-electron chi connectivity index (χ0n) is 13.4. The van der Waals surface area contributed by atoms with Crippen molar-refractivity contribution in [3.8, 4) is 0 Å². The minimum Gasteiger partial charge on any atom is -0.382 e. The van der Waals surface area contributed by atoms with Gasteiger partial charge in [-0.05, 0) is 18.8 Å². The van der Waals surface area contributed by atoms with Gasteiger partial charge in [-0.15, -0.1) is 0 Å². The second kappa shape index (κ2) is 16.9. The lowest BCUT2D eigenvalue weighted by Gasteiger charge is -2.08. The second-order valence-corrected chi connectivity index (χ2v) is 4.98. The summed E-state index contributed by atoms with van der Waals surface area (Å²) in [5.41, 5.74) is 0. The van der Waals surface area contributed by atoms with E-state index in [9.17, 15) is 0 Å². The molecule has 0 aromatic carbocycles. The molecule has 122 valence electrons. The van der Waals surface area contributed by atoms with Gasteiger partial charge in [0.1, 0.15) is 0 Å². The third-order valence-electron chi connectivity index (χ3n) is 2.62. The Morgan fingerprint density at radius 2 is 1.00 bits per heavy atom. The van der Waals surface area contributed by atoms with Gasteiger partial charge in [0.15, 0.2) is 0 Å². The molecule has 0 atom stereocenters. The van der Waals surface area contributed by atoms with Gasteiger partial charge in [0.05, 0.1) is 52.9 Å². The highest BCUT2D eigenvalue weighted by Crippen LogP contribution is 2.02. The predicted octanol–water partition coefficient (Wildman–Crippen LogP) is 2.14. The Morgan fingerprint density at radius 1 is 0.600 bits per heavy atom. The topological polar surface area (TPSA) is 46.2 Å². The molecular weight excluding hydrogens is 260 g/mol. The Balaban J connectivity index is 2.92. The van der Waals surface area contributed by atoms with E-state index in [1.165, 1.54) is 6.42 Å². The first-order valence-corrected chi connectivity index (χ1v) is 7.57. The van der Waals surface area contributed by atoms with Crippen LogP contribution in [0.2, 0.25) is 0 Å². The molecule has 0 N–H and O–H groups in total. The quantitative estimate of drug-likeness (QED) is 0.408. The summed E-state index contributed by atoms with van der Waals surface area (Å²) >= 11 is 0. The summed E-state index contributed by atoms with van der Waals surface area (Å²) in [6.45, 7) is 10.2. The van der Waals surface area contributed by atoms with Crippen LogP contribution in [0.4, 0.5) is 0 Å². The highest BCUT2D eigenvalue weighted by molar-refractivity contribution is 4.44. The van der Waals surface area contributed by atoms with E-state index in [1.807, 2.05) is 0 Å². The van der Waals surface area contributed by atoms with Crippen LogP contribution in [0.5, 0.6) is 0 Å². The van der Waals surface area contributed by atoms with E-state index in [-0.39, 0.29) is 0 Å². The molecule has 0 spiro atoms. The van der Waals surface area contributed by atoms with Crippen molar-refractivity contribution in [1.29, 1.82) is 0 Å². The third kappa shape index (κ3) is 17.8. The van der Waals surface area contributed by atoms with E-state index in [0.717, 1.165) is 18.9 Å². The maximum absolute atomic E-state index is 5.47. The SMILES string of the molecule is COCCOCCOCCOCCOCCCC(C)C. The lowest BCUT2D eigenvalue weighted by Crippen LogP contribution is -2.13. The molecule has 0 aliphatic heterocycles. The number of rotatable bonds is 16. The van der Waals surface area contributed by atoms with Gasteiger partial charge in [-0.3, -0.25) is 0 Å². The van der Waals surface area contributed by atoms with Gasteiger partial charge in [-0.25, -0.2) is 0 Å². The van der Waals surface area contributed by atoms with Crippen molar-refractivity contribution in [2.45, 2.75) is 26.7 Å². The molecule has 0 heterocycles. The van der Waals surface area contributed by atoms with Crippen molar-refractivity contribution in [2.75, 3.05) is 66.6 Å². The molecule has 0 bridgehead atoms. The Kier molecular flexibility index (Phi) is 16.7. The maximum atomic E-state index is 5.47. The van der Waals surface area contributed by atoms with Gasteiger partial charge in [0, 0.05) is 13.7 Å². The van der Waals surface area contributed by atoms with Crippen molar-refractivity contribution < 1.29 is 23.7 Å². The highest BCUT2D eigenvalue weighted by Gasteiger charge is 1.95. The number of hydrogen-bond acceptors (Lipinski definition) is 5. The fourth-order valence-corrected chi connectivity index (χ4v) is 1.50. The molecule has 0 saturated heterocycles. The van der Waals surface area contributed by atoms with Gasteiger partial charge in [0.25, 0.3) is 0 Å². The highest BCUT2D eigenvalue weighted by atomic mass is 16.6. The Labute approximate surface area is 123 Å². The molecule has 0 amide bonds. The number of ether oxygens (including phenoxy) is 5. The van der Waals surface area contributed by atoms with Gasteiger partial charge in [-0.2, -0.15) is 0 Å². The maximum Gasteiger partial charge on any atom is 0.0701 e. The van der Waals surface area contributed by atoms with Crippen LogP contribution in [0.1, 0.15) is 26.7 Å². The van der Waals surface area contributed by atoms with Crippen LogP contribution in [-0.4, -0.2) is 66.6 Å². The molecule has 0 aromatic heterocycles. The fourth-order valence-electron chi connectivity index (χ4n) is 1.50. The van der Waals surface area contributed by atoms with E-state index < -0.39 is 0 Å². The molecular formula is C15H32O5. The summed E-state index contributed by atoms with van der Waals surface area (Å²) in [5.74, 6) is 0.755. The molecule has 5 nitrogen and oxygen atoms in total. The first kappa shape index (κ1) is 19.8. The molecule has 0 unspecified atom stereocenters. The van der Waals surface area contributed by atoms with Crippen LogP contribution in [0.15, 0.2) is 0 Å². The Bertz CT molecular complexity index is 176. The van der Waals surface area contributed by atoms with Crippen LogP contribution in [-0.2, 0) is 23.7 Å². The standard InChI is InChI=1S/C15H32O5/c1-15(2)5-4-6-17-9-10-19-13-14-20-12-11-18-8-7-16-3/h15H,4-14H2,1-3H3. The summed E-state index contributed by atoms with van der Waals surface area (Å²) in [4.78, 5) is 0. The average molecular weight is 292 g/mol.